The van der Waals surface area contributed by atoms with Gasteiger partial charge in [-0.2, -0.15) is 0 Å². The number of methoxy groups -OCH3 is 1. The number of hydrogen-bond donors (Lipinski definition) is 2. The fraction of sp³-hybridized carbons (Fsp3) is 0.294. The second-order valence-electron chi connectivity index (χ2n) is 5.92. The Bertz CT molecular complexity index is 822. The molecule has 0 unspecified atom stereocenters. The first-order chi connectivity index (χ1) is 10.9. The lowest BCUT2D eigenvalue weighted by atomic mass is 10.0. The number of rotatable bonds is 5. The molecule has 3 N–H and O–H groups in total. The Hall–Kier alpha value is -1.76. The van der Waals surface area contributed by atoms with E-state index in [-0.39, 0.29) is 18.4 Å². The molecule has 1 fully saturated rings. The van der Waals surface area contributed by atoms with Gasteiger partial charge in [-0.1, -0.05) is 24.3 Å². The van der Waals surface area contributed by atoms with Crippen molar-refractivity contribution in [3.05, 3.63) is 48.0 Å². The van der Waals surface area contributed by atoms with Crippen LogP contribution in [-0.2, 0) is 10.0 Å². The van der Waals surface area contributed by atoms with Gasteiger partial charge in [0.15, 0.2) is 0 Å². The third-order valence-electron chi connectivity index (χ3n) is 3.99. The summed E-state index contributed by atoms with van der Waals surface area (Å²) in [6.07, 6.45) is 2.17. The molecule has 0 heterocycles. The van der Waals surface area contributed by atoms with E-state index in [2.05, 4.69) is 16.9 Å². The third-order valence-corrected chi connectivity index (χ3v) is 4.60. The van der Waals surface area contributed by atoms with Crippen LogP contribution in [0.4, 0.5) is 5.69 Å². The van der Waals surface area contributed by atoms with Crippen molar-refractivity contribution in [2.24, 2.45) is 5.73 Å². The number of nitrogens with two attached hydrogens (primary N) is 1. The van der Waals surface area contributed by atoms with Gasteiger partial charge in [-0.3, -0.25) is 4.72 Å². The number of nitrogens with one attached hydrogen (secondary N) is 1. The first-order valence-corrected chi connectivity index (χ1v) is 9.28. The second kappa shape index (κ2) is 7.01. The Kier molecular flexibility index (Phi) is 5.42. The van der Waals surface area contributed by atoms with Gasteiger partial charge >= 0.3 is 0 Å². The molecule has 7 heteroatoms. The third kappa shape index (κ3) is 4.20. The highest BCUT2D eigenvalue weighted by Gasteiger charge is 2.34. The van der Waals surface area contributed by atoms with E-state index in [1.54, 1.807) is 25.3 Å². The maximum Gasteiger partial charge on any atom is 0.229 e. The Morgan fingerprint density at radius 3 is 2.29 bits per heavy atom. The molecule has 0 spiro atoms. The molecule has 0 amide bonds. The summed E-state index contributed by atoms with van der Waals surface area (Å²) >= 11 is 0. The summed E-state index contributed by atoms with van der Waals surface area (Å²) in [5.74, 6) is 1.16. The zero-order valence-electron chi connectivity index (χ0n) is 13.5. The van der Waals surface area contributed by atoms with Crippen LogP contribution in [0.25, 0.3) is 11.1 Å². The van der Waals surface area contributed by atoms with Crippen LogP contribution in [-0.4, -0.2) is 27.8 Å². The highest BCUT2D eigenvalue weighted by Crippen LogP contribution is 2.40. The molecule has 24 heavy (non-hydrogen) atoms. The minimum atomic E-state index is -3.32. The average Bonchev–Trinajstić information content (AvgIpc) is 3.23. The Labute approximate surface area is 148 Å². The van der Waals surface area contributed by atoms with Gasteiger partial charge < -0.3 is 10.5 Å². The molecule has 1 aliphatic rings. The van der Waals surface area contributed by atoms with Crippen molar-refractivity contribution in [3.8, 4) is 16.9 Å². The summed E-state index contributed by atoms with van der Waals surface area (Å²) in [6, 6.07) is 13.7. The summed E-state index contributed by atoms with van der Waals surface area (Å²) in [6.45, 7) is 0. The van der Waals surface area contributed by atoms with Gasteiger partial charge in [0, 0.05) is 23.2 Å². The van der Waals surface area contributed by atoms with Gasteiger partial charge in [-0.05, 0) is 35.7 Å². The lowest BCUT2D eigenvalue weighted by Gasteiger charge is -2.12. The van der Waals surface area contributed by atoms with Crippen molar-refractivity contribution in [3.63, 3.8) is 0 Å². The van der Waals surface area contributed by atoms with Gasteiger partial charge in [-0.25, -0.2) is 8.42 Å². The monoisotopic (exact) mass is 368 g/mol. The predicted octanol–water partition coefficient (Wildman–Crippen LogP) is 2.97. The van der Waals surface area contributed by atoms with Crippen LogP contribution in [0, 0.1) is 0 Å². The summed E-state index contributed by atoms with van der Waals surface area (Å²) in [4.78, 5) is 0. The van der Waals surface area contributed by atoms with Crippen LogP contribution in [0.2, 0.25) is 0 Å². The van der Waals surface area contributed by atoms with Gasteiger partial charge in [0.1, 0.15) is 5.75 Å². The van der Waals surface area contributed by atoms with E-state index in [1.165, 1.54) is 5.56 Å². The van der Waals surface area contributed by atoms with Crippen molar-refractivity contribution >= 4 is 28.1 Å². The van der Waals surface area contributed by atoms with Gasteiger partial charge in [0.05, 0.1) is 13.4 Å². The van der Waals surface area contributed by atoms with Crippen LogP contribution in [0.3, 0.4) is 0 Å². The quantitative estimate of drug-likeness (QED) is 0.850. The fourth-order valence-electron chi connectivity index (χ4n) is 2.72. The maximum absolute atomic E-state index is 11.4. The molecule has 2 aromatic rings. The lowest BCUT2D eigenvalue weighted by Crippen LogP contribution is -2.09. The standard InChI is InChI=1S/C17H20N2O3S.ClH/c1-22-17-8-7-13(19-23(2,20)21)9-15(17)12-5-3-11(4-6-12)14-10-16(14)18;/h3-9,14,16,19H,10,18H2,1-2H3;1H/t14-,16+;/m0./s1. The number of hydrogen-bond acceptors (Lipinski definition) is 4. The van der Waals surface area contributed by atoms with E-state index < -0.39 is 10.0 Å². The molecule has 0 saturated heterocycles. The molecule has 1 saturated carbocycles. The number of sulfonamides is 1. The largest absolute Gasteiger partial charge is 0.496 e. The normalized spacial score (nSPS) is 19.3. The van der Waals surface area contributed by atoms with E-state index in [0.29, 0.717) is 17.4 Å². The van der Waals surface area contributed by atoms with Crippen molar-refractivity contribution in [1.29, 1.82) is 0 Å². The molecular formula is C17H21ClN2O3S. The van der Waals surface area contributed by atoms with Crippen LogP contribution in [0.1, 0.15) is 17.9 Å². The Morgan fingerprint density at radius 1 is 1.17 bits per heavy atom. The SMILES string of the molecule is COc1ccc(NS(C)(=O)=O)cc1-c1ccc([C@@H]2C[C@H]2N)cc1.Cl. The Balaban J connectivity index is 0.00000208. The predicted molar refractivity (Wildman–Crippen MR) is 99.5 cm³/mol. The summed E-state index contributed by atoms with van der Waals surface area (Å²) in [7, 11) is -1.72. The van der Waals surface area contributed by atoms with Crippen LogP contribution >= 0.6 is 12.4 Å². The molecule has 0 bridgehead atoms. The number of benzene rings is 2. The van der Waals surface area contributed by atoms with Crippen molar-refractivity contribution in [1.82, 2.24) is 0 Å². The van der Waals surface area contributed by atoms with Gasteiger partial charge in [0.2, 0.25) is 10.0 Å². The summed E-state index contributed by atoms with van der Waals surface area (Å²) in [5, 5.41) is 0. The molecule has 0 aliphatic heterocycles. The highest BCUT2D eigenvalue weighted by molar-refractivity contribution is 7.92. The van der Waals surface area contributed by atoms with E-state index in [9.17, 15) is 8.42 Å². The van der Waals surface area contributed by atoms with Crippen molar-refractivity contribution in [2.75, 3.05) is 18.1 Å². The molecule has 2 atom stereocenters. The molecule has 0 aromatic heterocycles. The number of ether oxygens (including phenoxy) is 1. The molecule has 130 valence electrons. The number of halogens is 1. The zero-order chi connectivity index (χ0) is 16.6. The fourth-order valence-corrected chi connectivity index (χ4v) is 3.27. The van der Waals surface area contributed by atoms with E-state index in [4.69, 9.17) is 10.5 Å². The molecule has 3 rings (SSSR count). The van der Waals surface area contributed by atoms with Crippen LogP contribution in [0.5, 0.6) is 5.75 Å². The summed E-state index contributed by atoms with van der Waals surface area (Å²) in [5.41, 5.74) is 9.45. The topological polar surface area (TPSA) is 81.4 Å². The van der Waals surface area contributed by atoms with Crippen LogP contribution in [0.15, 0.2) is 42.5 Å². The smallest absolute Gasteiger partial charge is 0.229 e. The molecule has 1 aliphatic carbocycles. The second-order valence-corrected chi connectivity index (χ2v) is 7.67. The zero-order valence-corrected chi connectivity index (χ0v) is 15.2. The van der Waals surface area contributed by atoms with E-state index in [1.807, 2.05) is 12.1 Å². The molecular weight excluding hydrogens is 348 g/mol. The van der Waals surface area contributed by atoms with Crippen LogP contribution < -0.4 is 15.2 Å². The molecule has 0 radical (unpaired) electrons. The van der Waals surface area contributed by atoms with Crippen molar-refractivity contribution < 1.29 is 13.2 Å². The molecule has 5 nitrogen and oxygen atoms in total. The Morgan fingerprint density at radius 2 is 1.79 bits per heavy atom. The minimum absolute atomic E-state index is 0. The van der Waals surface area contributed by atoms with Gasteiger partial charge in [0.25, 0.3) is 0 Å². The van der Waals surface area contributed by atoms with E-state index in [0.717, 1.165) is 23.8 Å². The average molecular weight is 369 g/mol. The maximum atomic E-state index is 11.4. The first-order valence-electron chi connectivity index (χ1n) is 7.39. The summed E-state index contributed by atoms with van der Waals surface area (Å²) < 4.78 is 30.7. The van der Waals surface area contributed by atoms with Crippen molar-refractivity contribution in [2.45, 2.75) is 18.4 Å². The molecule has 2 aromatic carbocycles. The highest BCUT2D eigenvalue weighted by atomic mass is 35.5. The van der Waals surface area contributed by atoms with Gasteiger partial charge in [-0.15, -0.1) is 12.4 Å². The van der Waals surface area contributed by atoms with E-state index >= 15 is 0 Å². The number of anilines is 1. The minimum Gasteiger partial charge on any atom is -0.496 e. The first kappa shape index (κ1) is 18.6. The lowest BCUT2D eigenvalue weighted by molar-refractivity contribution is 0.416.